The lowest BCUT2D eigenvalue weighted by molar-refractivity contribution is 0.669. The van der Waals surface area contributed by atoms with Gasteiger partial charge < -0.3 is 18.0 Å². The Morgan fingerprint density at radius 3 is 1.67 bits per heavy atom. The fourth-order valence-corrected chi connectivity index (χ4v) is 9.56. The van der Waals surface area contributed by atoms with Crippen LogP contribution in [0.5, 0.6) is 0 Å². The van der Waals surface area contributed by atoms with Crippen molar-refractivity contribution in [2.24, 2.45) is 0 Å². The molecule has 4 aromatic heterocycles. The molecular formula is C54H32N2O2. The summed E-state index contributed by atoms with van der Waals surface area (Å²) in [6.45, 7) is 0. The summed E-state index contributed by atoms with van der Waals surface area (Å²) in [5, 5.41) is 9.21. The molecule has 0 atom stereocenters. The molecule has 0 aliphatic heterocycles. The van der Waals surface area contributed by atoms with Crippen LogP contribution >= 0.6 is 0 Å². The van der Waals surface area contributed by atoms with Gasteiger partial charge in [0.1, 0.15) is 22.3 Å². The number of hydrogen-bond donors (Lipinski definition) is 0. The average Bonchev–Trinajstić information content (AvgIpc) is 4.04. The number of nitrogens with zero attached hydrogens (tertiary/aromatic N) is 2. The molecule has 9 aromatic carbocycles. The van der Waals surface area contributed by atoms with Crippen molar-refractivity contribution in [3.05, 3.63) is 194 Å². The summed E-state index contributed by atoms with van der Waals surface area (Å²) in [5.74, 6) is 0. The minimum absolute atomic E-state index is 0.874. The maximum Gasteiger partial charge on any atom is 0.145 e. The van der Waals surface area contributed by atoms with Crippen molar-refractivity contribution in [2.45, 2.75) is 0 Å². The van der Waals surface area contributed by atoms with Crippen LogP contribution < -0.4 is 0 Å². The normalized spacial score (nSPS) is 12.1. The summed E-state index contributed by atoms with van der Waals surface area (Å²) in [4.78, 5) is 0. The molecule has 0 aliphatic carbocycles. The second-order valence-corrected chi connectivity index (χ2v) is 15.2. The zero-order chi connectivity index (χ0) is 37.9. The summed E-state index contributed by atoms with van der Waals surface area (Å²) in [5.41, 5.74) is 15.1. The first kappa shape index (κ1) is 31.4. The lowest BCUT2D eigenvalue weighted by Gasteiger charge is -2.09. The van der Waals surface area contributed by atoms with E-state index in [1.165, 1.54) is 21.8 Å². The number of hydrogen-bond acceptors (Lipinski definition) is 2. The molecule has 0 saturated heterocycles. The Hall–Kier alpha value is -7.82. The van der Waals surface area contributed by atoms with Crippen LogP contribution in [0.2, 0.25) is 0 Å². The molecule has 58 heavy (non-hydrogen) atoms. The van der Waals surface area contributed by atoms with E-state index in [4.69, 9.17) is 8.83 Å². The Balaban J connectivity index is 1.02. The summed E-state index contributed by atoms with van der Waals surface area (Å²) < 4.78 is 17.9. The van der Waals surface area contributed by atoms with Gasteiger partial charge in [-0.2, -0.15) is 0 Å². The number of para-hydroxylation sites is 4. The lowest BCUT2D eigenvalue weighted by atomic mass is 9.96. The monoisotopic (exact) mass is 740 g/mol. The molecule has 0 radical (unpaired) electrons. The van der Waals surface area contributed by atoms with Gasteiger partial charge in [0.25, 0.3) is 0 Å². The van der Waals surface area contributed by atoms with Crippen molar-refractivity contribution < 1.29 is 8.83 Å². The molecule has 0 aliphatic rings. The average molecular weight is 741 g/mol. The Labute approximate surface area is 332 Å². The zero-order valence-electron chi connectivity index (χ0n) is 31.2. The van der Waals surface area contributed by atoms with Crippen LogP contribution in [0.25, 0.3) is 121 Å². The van der Waals surface area contributed by atoms with Crippen molar-refractivity contribution in [3.8, 4) is 33.6 Å². The van der Waals surface area contributed by atoms with Gasteiger partial charge in [-0.15, -0.1) is 0 Å². The number of furan rings is 2. The van der Waals surface area contributed by atoms with Crippen LogP contribution in [0.15, 0.2) is 203 Å². The molecule has 13 aromatic rings. The van der Waals surface area contributed by atoms with Crippen LogP contribution in [-0.2, 0) is 0 Å². The van der Waals surface area contributed by atoms with E-state index in [0.29, 0.717) is 0 Å². The predicted molar refractivity (Wildman–Crippen MR) is 241 cm³/mol. The molecule has 0 fully saturated rings. The van der Waals surface area contributed by atoms with E-state index in [9.17, 15) is 0 Å². The quantitative estimate of drug-likeness (QED) is 0.180. The molecule has 0 bridgehead atoms. The smallest absolute Gasteiger partial charge is 0.145 e. The van der Waals surface area contributed by atoms with Gasteiger partial charge in [-0.1, -0.05) is 103 Å². The summed E-state index contributed by atoms with van der Waals surface area (Å²) >= 11 is 0. The maximum atomic E-state index is 6.67. The topological polar surface area (TPSA) is 36.1 Å². The number of rotatable bonds is 4. The third-order valence-electron chi connectivity index (χ3n) is 12.1. The highest BCUT2D eigenvalue weighted by molar-refractivity contribution is 6.24. The molecule has 0 spiro atoms. The fourth-order valence-electron chi connectivity index (χ4n) is 9.56. The third kappa shape index (κ3) is 4.40. The number of fused-ring (bicyclic) bond motifs is 13. The standard InChI is InChI=1S/C54H32N2O2/c1-3-12-36(13-4-1)55-45-19-9-7-16-39(45)42-32-35(23-27-46(42)55)38-18-11-21-51-52(38)44-31-34(24-29-50(44)57-51)33-22-26-47-43(30-33)53-48(56(47)37-14-5-2-6-15-37)28-25-41-40-17-8-10-20-49(40)58-54(41)53/h1-32H. The van der Waals surface area contributed by atoms with Crippen molar-refractivity contribution >= 4 is 87.5 Å². The second kappa shape index (κ2) is 11.8. The van der Waals surface area contributed by atoms with Crippen molar-refractivity contribution in [2.75, 3.05) is 0 Å². The maximum absolute atomic E-state index is 6.67. The summed E-state index contributed by atoms with van der Waals surface area (Å²) in [6.07, 6.45) is 0. The minimum Gasteiger partial charge on any atom is -0.456 e. The Bertz CT molecular complexity index is 3790. The van der Waals surface area contributed by atoms with Crippen LogP contribution in [0.4, 0.5) is 0 Å². The van der Waals surface area contributed by atoms with E-state index >= 15 is 0 Å². The van der Waals surface area contributed by atoms with Gasteiger partial charge >= 0.3 is 0 Å². The lowest BCUT2D eigenvalue weighted by Crippen LogP contribution is -1.92. The van der Waals surface area contributed by atoms with E-state index in [2.05, 4.69) is 197 Å². The second-order valence-electron chi connectivity index (χ2n) is 15.2. The molecular weight excluding hydrogens is 709 g/mol. The van der Waals surface area contributed by atoms with Crippen LogP contribution in [0, 0.1) is 0 Å². The summed E-state index contributed by atoms with van der Waals surface area (Å²) in [6, 6.07) is 69.4. The van der Waals surface area contributed by atoms with Gasteiger partial charge in [0.2, 0.25) is 0 Å². The first-order valence-corrected chi connectivity index (χ1v) is 19.8. The van der Waals surface area contributed by atoms with Crippen molar-refractivity contribution in [1.82, 2.24) is 9.13 Å². The van der Waals surface area contributed by atoms with Crippen LogP contribution in [0.1, 0.15) is 0 Å². The molecule has 0 saturated carbocycles. The molecule has 4 nitrogen and oxygen atoms in total. The molecule has 0 N–H and O–H groups in total. The highest BCUT2D eigenvalue weighted by Gasteiger charge is 2.21. The van der Waals surface area contributed by atoms with E-state index in [-0.39, 0.29) is 0 Å². The van der Waals surface area contributed by atoms with Crippen molar-refractivity contribution in [1.29, 1.82) is 0 Å². The van der Waals surface area contributed by atoms with Gasteiger partial charge in [-0.3, -0.25) is 0 Å². The number of aromatic nitrogens is 2. The zero-order valence-corrected chi connectivity index (χ0v) is 31.2. The van der Waals surface area contributed by atoms with Gasteiger partial charge in [-0.05, 0) is 113 Å². The SMILES string of the molecule is c1ccc(-n2c3ccccc3c3cc(-c4cccc5oc6ccc(-c7ccc8c(c7)c7c9oc%10ccccc%10c9ccc7n8-c7ccccc7)cc6c45)ccc32)cc1. The minimum atomic E-state index is 0.874. The summed E-state index contributed by atoms with van der Waals surface area (Å²) in [7, 11) is 0. The Kier molecular flexibility index (Phi) is 6.41. The highest BCUT2D eigenvalue weighted by atomic mass is 16.3. The highest BCUT2D eigenvalue weighted by Crippen LogP contribution is 2.44. The Morgan fingerprint density at radius 1 is 0.293 bits per heavy atom. The van der Waals surface area contributed by atoms with Crippen LogP contribution in [-0.4, -0.2) is 9.13 Å². The van der Waals surface area contributed by atoms with Gasteiger partial charge in [-0.25, -0.2) is 0 Å². The van der Waals surface area contributed by atoms with Crippen LogP contribution in [0.3, 0.4) is 0 Å². The molecule has 4 heteroatoms. The third-order valence-corrected chi connectivity index (χ3v) is 12.1. The van der Waals surface area contributed by atoms with E-state index in [1.807, 2.05) is 6.07 Å². The van der Waals surface area contributed by atoms with Gasteiger partial charge in [0.15, 0.2) is 0 Å². The van der Waals surface area contributed by atoms with Crippen molar-refractivity contribution in [3.63, 3.8) is 0 Å². The van der Waals surface area contributed by atoms with E-state index < -0.39 is 0 Å². The molecule has 0 unspecified atom stereocenters. The van der Waals surface area contributed by atoms with E-state index in [1.54, 1.807) is 0 Å². The molecule has 0 amide bonds. The molecule has 4 heterocycles. The number of benzene rings is 9. The van der Waals surface area contributed by atoms with Gasteiger partial charge in [0, 0.05) is 49.1 Å². The van der Waals surface area contributed by atoms with E-state index in [0.717, 1.165) is 99.3 Å². The first-order chi connectivity index (χ1) is 28.8. The molecule has 270 valence electrons. The molecule has 13 rings (SSSR count). The van der Waals surface area contributed by atoms with Gasteiger partial charge in [0.05, 0.1) is 27.5 Å². The fraction of sp³-hybridized carbons (Fsp3) is 0. The first-order valence-electron chi connectivity index (χ1n) is 19.8. The largest absolute Gasteiger partial charge is 0.456 e. The predicted octanol–water partition coefficient (Wildman–Crippen LogP) is 15.0. The Morgan fingerprint density at radius 2 is 0.862 bits per heavy atom.